The van der Waals surface area contributed by atoms with Gasteiger partial charge >= 0.3 is 6.18 Å². The molecule has 3 heterocycles. The minimum atomic E-state index is -4.28. The molecule has 0 radical (unpaired) electrons. The number of fused-ring (bicyclic) bond motifs is 4. The predicted octanol–water partition coefficient (Wildman–Crippen LogP) is 5.06. The van der Waals surface area contributed by atoms with Crippen LogP contribution in [0.3, 0.4) is 0 Å². The fourth-order valence-electron chi connectivity index (χ4n) is 4.46. The number of halogens is 3. The van der Waals surface area contributed by atoms with E-state index in [4.69, 9.17) is 4.98 Å². The quantitative estimate of drug-likeness (QED) is 0.394. The number of hydrogen-bond acceptors (Lipinski definition) is 4. The van der Waals surface area contributed by atoms with Crippen LogP contribution in [0, 0.1) is 17.3 Å². The molecule has 2 aromatic carbocycles. The summed E-state index contributed by atoms with van der Waals surface area (Å²) >= 11 is 0. The van der Waals surface area contributed by atoms with Crippen molar-refractivity contribution in [3.8, 4) is 11.8 Å². The molecule has 1 aliphatic heterocycles. The van der Waals surface area contributed by atoms with Crippen LogP contribution in [-0.2, 0) is 6.42 Å². The van der Waals surface area contributed by atoms with E-state index in [-0.39, 0.29) is 12.8 Å². The van der Waals surface area contributed by atoms with Gasteiger partial charge < -0.3 is 4.90 Å². The van der Waals surface area contributed by atoms with Gasteiger partial charge in [-0.25, -0.2) is 0 Å². The molecule has 1 aliphatic carbocycles. The Morgan fingerprint density at radius 3 is 2.69 bits per heavy atom. The number of anilines is 2. The number of alkyl halides is 3. The molecule has 8 heteroatoms. The Labute approximate surface area is 181 Å². The van der Waals surface area contributed by atoms with Crippen molar-refractivity contribution in [3.05, 3.63) is 59.9 Å². The van der Waals surface area contributed by atoms with Crippen LogP contribution in [0.4, 0.5) is 24.7 Å². The third-order valence-corrected chi connectivity index (χ3v) is 6.38. The summed E-state index contributed by atoms with van der Waals surface area (Å²) in [4.78, 5) is 6.90. The molecule has 0 amide bonds. The second-order valence-corrected chi connectivity index (χ2v) is 8.34. The number of rotatable bonds is 1. The highest BCUT2D eigenvalue weighted by Crippen LogP contribution is 2.57. The van der Waals surface area contributed by atoms with Gasteiger partial charge in [-0.2, -0.15) is 18.2 Å². The van der Waals surface area contributed by atoms with Crippen LogP contribution in [0.5, 0.6) is 0 Å². The Morgan fingerprint density at radius 2 is 1.88 bits per heavy atom. The summed E-state index contributed by atoms with van der Waals surface area (Å²) in [5, 5.41) is 9.08. The van der Waals surface area contributed by atoms with Gasteiger partial charge in [-0.3, -0.25) is 4.40 Å². The maximum atomic E-state index is 13.3. The van der Waals surface area contributed by atoms with E-state index < -0.39 is 11.6 Å². The second kappa shape index (κ2) is 6.70. The molecular formula is C24H18F3N5. The van der Waals surface area contributed by atoms with Crippen LogP contribution in [0.25, 0.3) is 16.7 Å². The average Bonchev–Trinajstić information content (AvgIpc) is 3.46. The second-order valence-electron chi connectivity index (χ2n) is 8.34. The molecule has 0 atom stereocenters. The fraction of sp³-hybridized carbons (Fsp3) is 0.292. The Morgan fingerprint density at radius 1 is 1.03 bits per heavy atom. The molecule has 2 aromatic heterocycles. The molecular weight excluding hydrogens is 415 g/mol. The first kappa shape index (κ1) is 19.1. The highest BCUT2D eigenvalue weighted by molar-refractivity contribution is 5.94. The van der Waals surface area contributed by atoms with Gasteiger partial charge in [0.05, 0.1) is 5.52 Å². The van der Waals surface area contributed by atoms with E-state index in [1.807, 2.05) is 46.9 Å². The van der Waals surface area contributed by atoms with Crippen LogP contribution < -0.4 is 4.90 Å². The van der Waals surface area contributed by atoms with Crippen LogP contribution in [0.1, 0.15) is 30.4 Å². The lowest BCUT2D eigenvalue weighted by Gasteiger charge is -2.32. The van der Waals surface area contributed by atoms with E-state index in [2.05, 4.69) is 26.9 Å². The minimum Gasteiger partial charge on any atom is -0.325 e. The van der Waals surface area contributed by atoms with Crippen molar-refractivity contribution >= 4 is 28.2 Å². The molecule has 0 spiro atoms. The van der Waals surface area contributed by atoms with Gasteiger partial charge in [0.25, 0.3) is 5.78 Å². The number of para-hydroxylation sites is 1. The van der Waals surface area contributed by atoms with Crippen molar-refractivity contribution in [3.63, 3.8) is 0 Å². The number of hydrogen-bond donors (Lipinski definition) is 0. The molecule has 4 aromatic rings. The summed E-state index contributed by atoms with van der Waals surface area (Å²) in [5.41, 5.74) is 1.68. The molecule has 0 N–H and O–H groups in total. The molecule has 0 bridgehead atoms. The van der Waals surface area contributed by atoms with Crippen LogP contribution >= 0.6 is 0 Å². The molecule has 5 nitrogen and oxygen atoms in total. The van der Waals surface area contributed by atoms with Crippen molar-refractivity contribution in [2.24, 2.45) is 5.41 Å². The highest BCUT2D eigenvalue weighted by Gasteiger charge is 2.62. The smallest absolute Gasteiger partial charge is 0.325 e. The predicted molar refractivity (Wildman–Crippen MR) is 115 cm³/mol. The van der Waals surface area contributed by atoms with Crippen LogP contribution in [-0.4, -0.2) is 32.3 Å². The molecule has 0 unspecified atom stereocenters. The molecule has 1 fully saturated rings. The zero-order chi connectivity index (χ0) is 21.9. The summed E-state index contributed by atoms with van der Waals surface area (Å²) in [5.74, 6) is 6.69. The van der Waals surface area contributed by atoms with Crippen molar-refractivity contribution in [2.75, 3.05) is 11.4 Å². The maximum Gasteiger partial charge on any atom is 0.405 e. The Balaban J connectivity index is 1.49. The Hall–Kier alpha value is -3.60. The first-order chi connectivity index (χ1) is 15.5. The van der Waals surface area contributed by atoms with Crippen LogP contribution in [0.2, 0.25) is 0 Å². The zero-order valence-corrected chi connectivity index (χ0v) is 17.0. The largest absolute Gasteiger partial charge is 0.405 e. The Bertz CT molecular complexity index is 1420. The van der Waals surface area contributed by atoms with Gasteiger partial charge in [0.15, 0.2) is 0 Å². The number of benzene rings is 2. The maximum absolute atomic E-state index is 13.3. The first-order valence-corrected chi connectivity index (χ1v) is 10.5. The van der Waals surface area contributed by atoms with Crippen molar-refractivity contribution in [1.82, 2.24) is 19.6 Å². The molecule has 2 aliphatic rings. The Kier molecular flexibility index (Phi) is 4.00. The lowest BCUT2D eigenvalue weighted by Crippen LogP contribution is -2.26. The normalized spacial score (nSPS) is 17.2. The van der Waals surface area contributed by atoms with Gasteiger partial charge in [0.1, 0.15) is 17.6 Å². The standard InChI is InChI=1S/C24H18F3N5/c25-24(26,27)23(12-13-23)11-10-16-5-3-9-19-17(16)7-4-14-31(19)21-18-6-1-2-8-20(18)32-15-28-30-22(32)29-21/h1-3,5-6,8-9,15H,4,7,12-14H2. The van der Waals surface area contributed by atoms with E-state index >= 15 is 0 Å². The number of nitrogens with zero attached hydrogens (tertiary/aromatic N) is 5. The van der Waals surface area contributed by atoms with E-state index in [0.29, 0.717) is 11.3 Å². The third-order valence-electron chi connectivity index (χ3n) is 6.38. The van der Waals surface area contributed by atoms with Crippen molar-refractivity contribution < 1.29 is 13.2 Å². The van der Waals surface area contributed by atoms with Gasteiger partial charge in [0, 0.05) is 23.2 Å². The molecule has 160 valence electrons. The lowest BCUT2D eigenvalue weighted by atomic mass is 9.95. The topological polar surface area (TPSA) is 46.3 Å². The van der Waals surface area contributed by atoms with E-state index in [0.717, 1.165) is 47.4 Å². The monoisotopic (exact) mass is 433 g/mol. The summed E-state index contributed by atoms with van der Waals surface area (Å²) < 4.78 is 41.9. The van der Waals surface area contributed by atoms with E-state index in [1.165, 1.54) is 0 Å². The van der Waals surface area contributed by atoms with Gasteiger partial charge in [-0.1, -0.05) is 30.0 Å². The summed E-state index contributed by atoms with van der Waals surface area (Å²) in [6.07, 6.45) is -0.860. The van der Waals surface area contributed by atoms with Crippen LogP contribution in [0.15, 0.2) is 48.8 Å². The fourth-order valence-corrected chi connectivity index (χ4v) is 4.46. The zero-order valence-electron chi connectivity index (χ0n) is 17.0. The average molecular weight is 433 g/mol. The molecule has 0 saturated heterocycles. The summed E-state index contributed by atoms with van der Waals surface area (Å²) in [6, 6.07) is 13.6. The van der Waals surface area contributed by atoms with Gasteiger partial charge in [-0.05, 0) is 55.5 Å². The minimum absolute atomic E-state index is 0.0823. The highest BCUT2D eigenvalue weighted by atomic mass is 19.4. The van der Waals surface area contributed by atoms with Gasteiger partial charge in [0.2, 0.25) is 0 Å². The van der Waals surface area contributed by atoms with Crippen molar-refractivity contribution in [1.29, 1.82) is 0 Å². The first-order valence-electron chi connectivity index (χ1n) is 10.5. The molecule has 6 rings (SSSR count). The SMILES string of the molecule is FC(F)(F)C1(C#Cc2cccc3c2CCCN3c2nc3nncn3c3ccccc23)CC1. The molecule has 1 saturated carbocycles. The number of aromatic nitrogens is 4. The van der Waals surface area contributed by atoms with Crippen molar-refractivity contribution in [2.45, 2.75) is 31.9 Å². The summed E-state index contributed by atoms with van der Waals surface area (Å²) in [7, 11) is 0. The lowest BCUT2D eigenvalue weighted by molar-refractivity contribution is -0.168. The third kappa shape index (κ3) is 2.84. The van der Waals surface area contributed by atoms with Gasteiger partial charge in [-0.15, -0.1) is 10.2 Å². The summed E-state index contributed by atoms with van der Waals surface area (Å²) in [6.45, 7) is 0.748. The molecule has 32 heavy (non-hydrogen) atoms. The van der Waals surface area contributed by atoms with E-state index in [9.17, 15) is 13.2 Å². The van der Waals surface area contributed by atoms with E-state index in [1.54, 1.807) is 6.33 Å².